The van der Waals surface area contributed by atoms with Crippen molar-refractivity contribution in [3.8, 4) is 0 Å². The van der Waals surface area contributed by atoms with Gasteiger partial charge in [0, 0.05) is 13.1 Å². The molecule has 2 aliphatic rings. The normalized spacial score (nSPS) is 21.4. The second-order valence-electron chi connectivity index (χ2n) is 6.87. The minimum absolute atomic E-state index is 0.366. The molecule has 0 N–H and O–H groups in total. The number of hydrogen-bond acceptors (Lipinski definition) is 4. The number of fused-ring (bicyclic) bond motifs is 1. The average Bonchev–Trinajstić information content (AvgIpc) is 2.99. The molecule has 0 atom stereocenters. The van der Waals surface area contributed by atoms with Crippen LogP contribution in [-0.4, -0.2) is 32.9 Å². The third-order valence-electron chi connectivity index (χ3n) is 5.53. The third-order valence-corrected chi connectivity index (χ3v) is 5.53. The standard InChI is InChI=1S/C16H21F2N5/c17-14(18)15-20-19-12-4-5-13(21-23(12)15)22-10-8-16(9-11-22)6-2-1-3-7-16/h4-5,14H,1-3,6-11H2. The summed E-state index contributed by atoms with van der Waals surface area (Å²) in [5.41, 5.74) is 0.883. The maximum absolute atomic E-state index is 13.0. The van der Waals surface area contributed by atoms with E-state index < -0.39 is 6.43 Å². The van der Waals surface area contributed by atoms with Crippen LogP contribution >= 0.6 is 0 Å². The first-order valence-electron chi connectivity index (χ1n) is 8.42. The van der Waals surface area contributed by atoms with Crippen LogP contribution < -0.4 is 4.90 Å². The van der Waals surface area contributed by atoms with E-state index in [0.717, 1.165) is 18.9 Å². The van der Waals surface area contributed by atoms with Gasteiger partial charge < -0.3 is 4.90 Å². The van der Waals surface area contributed by atoms with Crippen molar-refractivity contribution in [2.45, 2.75) is 51.4 Å². The SMILES string of the molecule is FC(F)c1nnc2ccc(N3CCC4(CCCCC4)CC3)nn12. The molecule has 3 heterocycles. The van der Waals surface area contributed by atoms with Gasteiger partial charge in [-0.2, -0.15) is 4.52 Å². The van der Waals surface area contributed by atoms with Gasteiger partial charge in [-0.1, -0.05) is 19.3 Å². The number of nitrogens with zero attached hydrogens (tertiary/aromatic N) is 5. The lowest BCUT2D eigenvalue weighted by Gasteiger charge is -2.44. The molecule has 4 rings (SSSR count). The monoisotopic (exact) mass is 321 g/mol. The lowest BCUT2D eigenvalue weighted by atomic mass is 9.68. The summed E-state index contributed by atoms with van der Waals surface area (Å²) in [6, 6.07) is 3.57. The Hall–Kier alpha value is -1.79. The summed E-state index contributed by atoms with van der Waals surface area (Å²) >= 11 is 0. The van der Waals surface area contributed by atoms with Crippen molar-refractivity contribution in [2.24, 2.45) is 5.41 Å². The fourth-order valence-corrected chi connectivity index (χ4v) is 4.11. The van der Waals surface area contributed by atoms with Gasteiger partial charge in [0.25, 0.3) is 6.43 Å². The van der Waals surface area contributed by atoms with Crippen molar-refractivity contribution in [3.05, 3.63) is 18.0 Å². The molecule has 0 radical (unpaired) electrons. The Labute approximate surface area is 133 Å². The predicted molar refractivity (Wildman–Crippen MR) is 82.7 cm³/mol. The second kappa shape index (κ2) is 5.69. The minimum Gasteiger partial charge on any atom is -0.355 e. The van der Waals surface area contributed by atoms with Gasteiger partial charge in [-0.25, -0.2) is 8.78 Å². The Morgan fingerprint density at radius 3 is 2.39 bits per heavy atom. The molecule has 124 valence electrons. The molecule has 2 aromatic rings. The first-order valence-corrected chi connectivity index (χ1v) is 8.42. The molecule has 5 nitrogen and oxygen atoms in total. The number of halogens is 2. The van der Waals surface area contributed by atoms with Crippen molar-refractivity contribution >= 4 is 11.5 Å². The zero-order valence-corrected chi connectivity index (χ0v) is 13.1. The Morgan fingerprint density at radius 1 is 0.957 bits per heavy atom. The molecule has 1 saturated carbocycles. The molecule has 1 spiro atoms. The van der Waals surface area contributed by atoms with Crippen molar-refractivity contribution < 1.29 is 8.78 Å². The summed E-state index contributed by atoms with van der Waals surface area (Å²) < 4.78 is 27.1. The Kier molecular flexibility index (Phi) is 3.66. The minimum atomic E-state index is -2.67. The van der Waals surface area contributed by atoms with Crippen LogP contribution in [0.1, 0.15) is 57.2 Å². The van der Waals surface area contributed by atoms with Crippen LogP contribution in [0.4, 0.5) is 14.6 Å². The van der Waals surface area contributed by atoms with Gasteiger partial charge in [-0.3, -0.25) is 0 Å². The molecule has 23 heavy (non-hydrogen) atoms. The number of aromatic nitrogens is 4. The van der Waals surface area contributed by atoms with Crippen molar-refractivity contribution in [2.75, 3.05) is 18.0 Å². The highest BCUT2D eigenvalue weighted by Crippen LogP contribution is 2.44. The highest BCUT2D eigenvalue weighted by Gasteiger charge is 2.35. The highest BCUT2D eigenvalue weighted by atomic mass is 19.3. The van der Waals surface area contributed by atoms with Crippen molar-refractivity contribution in [1.29, 1.82) is 0 Å². The summed E-state index contributed by atoms with van der Waals surface area (Å²) in [4.78, 5) is 2.20. The lowest BCUT2D eigenvalue weighted by Crippen LogP contribution is -2.41. The molecule has 7 heteroatoms. The van der Waals surface area contributed by atoms with Crippen LogP contribution in [0, 0.1) is 5.41 Å². The summed E-state index contributed by atoms with van der Waals surface area (Å²) in [5.74, 6) is 0.354. The smallest absolute Gasteiger partial charge is 0.299 e. The average molecular weight is 321 g/mol. The molecule has 1 aliphatic carbocycles. The van der Waals surface area contributed by atoms with Gasteiger partial charge in [0.1, 0.15) is 5.82 Å². The maximum atomic E-state index is 13.0. The Balaban J connectivity index is 1.54. The van der Waals surface area contributed by atoms with Crippen LogP contribution in [-0.2, 0) is 0 Å². The highest BCUT2D eigenvalue weighted by molar-refractivity contribution is 5.46. The van der Waals surface area contributed by atoms with E-state index in [2.05, 4.69) is 20.2 Å². The number of rotatable bonds is 2. The van der Waals surface area contributed by atoms with Crippen LogP contribution in [0.2, 0.25) is 0 Å². The quantitative estimate of drug-likeness (QED) is 0.847. The summed E-state index contributed by atoms with van der Waals surface area (Å²) in [7, 11) is 0. The van der Waals surface area contributed by atoms with Gasteiger partial charge in [0.15, 0.2) is 5.65 Å². The van der Waals surface area contributed by atoms with E-state index in [0.29, 0.717) is 11.1 Å². The predicted octanol–water partition coefficient (Wildman–Crippen LogP) is 3.61. The lowest BCUT2D eigenvalue weighted by molar-refractivity contribution is 0.137. The largest absolute Gasteiger partial charge is 0.355 e. The van der Waals surface area contributed by atoms with Crippen LogP contribution in [0.15, 0.2) is 12.1 Å². The number of anilines is 1. The van der Waals surface area contributed by atoms with Gasteiger partial charge >= 0.3 is 0 Å². The summed E-state index contributed by atoms with van der Waals surface area (Å²) in [6.45, 7) is 1.90. The maximum Gasteiger partial charge on any atom is 0.299 e. The molecular weight excluding hydrogens is 300 g/mol. The number of piperidine rings is 1. The van der Waals surface area contributed by atoms with E-state index in [4.69, 9.17) is 0 Å². The molecule has 0 bridgehead atoms. The van der Waals surface area contributed by atoms with E-state index in [1.54, 1.807) is 6.07 Å². The van der Waals surface area contributed by atoms with Crippen LogP contribution in [0.3, 0.4) is 0 Å². The Bertz CT molecular complexity index is 683. The van der Waals surface area contributed by atoms with Gasteiger partial charge in [-0.05, 0) is 43.2 Å². The molecule has 0 unspecified atom stereocenters. The van der Waals surface area contributed by atoms with E-state index in [9.17, 15) is 8.78 Å². The number of alkyl halides is 2. The molecule has 1 aliphatic heterocycles. The molecule has 0 aromatic carbocycles. The van der Waals surface area contributed by atoms with Gasteiger partial charge in [0.05, 0.1) is 0 Å². The zero-order valence-electron chi connectivity index (χ0n) is 13.1. The first-order chi connectivity index (χ1) is 11.2. The van der Waals surface area contributed by atoms with Crippen molar-refractivity contribution in [1.82, 2.24) is 19.8 Å². The van der Waals surface area contributed by atoms with Crippen LogP contribution in [0.5, 0.6) is 0 Å². The van der Waals surface area contributed by atoms with Gasteiger partial charge in [0.2, 0.25) is 5.82 Å². The molecule has 2 fully saturated rings. The van der Waals surface area contributed by atoms with Crippen LogP contribution in [0.25, 0.3) is 5.65 Å². The first kappa shape index (κ1) is 14.8. The van der Waals surface area contributed by atoms with E-state index in [-0.39, 0.29) is 5.82 Å². The van der Waals surface area contributed by atoms with Crippen molar-refractivity contribution in [3.63, 3.8) is 0 Å². The van der Waals surface area contributed by atoms with E-state index in [1.165, 1.54) is 49.5 Å². The molecular formula is C16H21F2N5. The topological polar surface area (TPSA) is 46.3 Å². The van der Waals surface area contributed by atoms with E-state index in [1.807, 2.05) is 6.07 Å². The molecule has 0 amide bonds. The van der Waals surface area contributed by atoms with Gasteiger partial charge in [-0.15, -0.1) is 15.3 Å². The third kappa shape index (κ3) is 2.66. The number of hydrogen-bond donors (Lipinski definition) is 0. The molecule has 1 saturated heterocycles. The Morgan fingerprint density at radius 2 is 1.70 bits per heavy atom. The summed E-state index contributed by atoms with van der Waals surface area (Å²) in [6.07, 6.45) is 6.44. The summed E-state index contributed by atoms with van der Waals surface area (Å²) in [5, 5.41) is 11.6. The van der Waals surface area contributed by atoms with E-state index >= 15 is 0 Å². The fourth-order valence-electron chi connectivity index (χ4n) is 4.11. The molecule has 2 aromatic heterocycles. The fraction of sp³-hybridized carbons (Fsp3) is 0.688. The zero-order chi connectivity index (χ0) is 15.9. The second-order valence-corrected chi connectivity index (χ2v) is 6.87.